The highest BCUT2D eigenvalue weighted by Crippen LogP contribution is 2.18. The lowest BCUT2D eigenvalue weighted by molar-refractivity contribution is 0.751. The van der Waals surface area contributed by atoms with E-state index in [1.807, 2.05) is 5.38 Å². The van der Waals surface area contributed by atoms with Crippen LogP contribution in [0.25, 0.3) is 22.6 Å². The van der Waals surface area contributed by atoms with Gasteiger partial charge in [0.05, 0.1) is 11.2 Å². The largest absolute Gasteiger partial charge is 0.303 e. The third-order valence-electron chi connectivity index (χ3n) is 2.92. The molecule has 0 bridgehead atoms. The molecule has 0 fully saturated rings. The van der Waals surface area contributed by atoms with Gasteiger partial charge in [0.15, 0.2) is 11.3 Å². The Kier molecular flexibility index (Phi) is 2.90. The van der Waals surface area contributed by atoms with Gasteiger partial charge in [-0.25, -0.2) is 9.97 Å². The second kappa shape index (κ2) is 4.58. The van der Waals surface area contributed by atoms with Crippen LogP contribution in [0.1, 0.15) is 19.0 Å². The molecule has 3 rings (SSSR count). The maximum absolute atomic E-state index is 12.2. The molecule has 3 aromatic rings. The van der Waals surface area contributed by atoms with Crippen LogP contribution in [0.15, 0.2) is 15.7 Å². The molecule has 19 heavy (non-hydrogen) atoms. The predicted octanol–water partition coefficient (Wildman–Crippen LogP) is 1.73. The molecule has 3 heterocycles. The Hall–Kier alpha value is -2.02. The van der Waals surface area contributed by atoms with Gasteiger partial charge in [-0.3, -0.25) is 9.48 Å². The summed E-state index contributed by atoms with van der Waals surface area (Å²) in [4.78, 5) is 23.6. The number of aryl methyl sites for hydroxylation is 2. The number of hydrogen-bond acceptors (Lipinski definition) is 5. The fourth-order valence-corrected chi connectivity index (χ4v) is 2.64. The summed E-state index contributed by atoms with van der Waals surface area (Å²) < 4.78 is 1.59. The van der Waals surface area contributed by atoms with Gasteiger partial charge in [0.1, 0.15) is 11.2 Å². The van der Waals surface area contributed by atoms with Gasteiger partial charge in [0.2, 0.25) is 0 Å². The minimum absolute atomic E-state index is 0.176. The molecule has 3 aromatic heterocycles. The highest BCUT2D eigenvalue weighted by molar-refractivity contribution is 7.07. The van der Waals surface area contributed by atoms with E-state index in [2.05, 4.69) is 27.0 Å². The van der Waals surface area contributed by atoms with Crippen molar-refractivity contribution >= 4 is 22.4 Å². The molecule has 6 nitrogen and oxygen atoms in total. The number of rotatable bonds is 3. The van der Waals surface area contributed by atoms with Crippen LogP contribution < -0.4 is 5.56 Å². The van der Waals surface area contributed by atoms with E-state index in [-0.39, 0.29) is 5.56 Å². The van der Waals surface area contributed by atoms with Gasteiger partial charge >= 0.3 is 0 Å². The molecule has 0 aliphatic rings. The second-order valence-electron chi connectivity index (χ2n) is 4.31. The van der Waals surface area contributed by atoms with E-state index in [1.165, 1.54) is 11.3 Å². The number of H-pyrrole nitrogens is 1. The molecule has 0 aliphatic carbocycles. The smallest absolute Gasteiger partial charge is 0.277 e. The predicted molar refractivity (Wildman–Crippen MR) is 74.2 cm³/mol. The van der Waals surface area contributed by atoms with Crippen LogP contribution in [0.3, 0.4) is 0 Å². The van der Waals surface area contributed by atoms with Crippen LogP contribution in [0.2, 0.25) is 0 Å². The fraction of sp³-hybridized carbons (Fsp3) is 0.333. The molecule has 0 spiro atoms. The minimum atomic E-state index is -0.176. The molecule has 0 aromatic carbocycles. The van der Waals surface area contributed by atoms with Crippen LogP contribution in [-0.2, 0) is 13.5 Å². The molecule has 0 saturated heterocycles. The third kappa shape index (κ3) is 1.95. The normalized spacial score (nSPS) is 11.3. The lowest BCUT2D eigenvalue weighted by atomic mass is 10.2. The van der Waals surface area contributed by atoms with E-state index < -0.39 is 0 Å². The highest BCUT2D eigenvalue weighted by atomic mass is 32.1. The zero-order chi connectivity index (χ0) is 13.4. The van der Waals surface area contributed by atoms with Crippen molar-refractivity contribution in [2.75, 3.05) is 0 Å². The maximum Gasteiger partial charge on any atom is 0.277 e. The van der Waals surface area contributed by atoms with Crippen molar-refractivity contribution in [3.63, 3.8) is 0 Å². The van der Waals surface area contributed by atoms with Gasteiger partial charge in [-0.1, -0.05) is 13.3 Å². The number of hydrogen-bond donors (Lipinski definition) is 1. The summed E-state index contributed by atoms with van der Waals surface area (Å²) in [5.41, 5.74) is 4.29. The van der Waals surface area contributed by atoms with Crippen molar-refractivity contribution in [2.45, 2.75) is 19.8 Å². The molecular weight excluding hydrogens is 262 g/mol. The van der Waals surface area contributed by atoms with E-state index in [0.717, 1.165) is 18.5 Å². The molecule has 0 saturated carbocycles. The summed E-state index contributed by atoms with van der Waals surface area (Å²) in [6, 6.07) is 0. The molecule has 1 N–H and O–H groups in total. The third-order valence-corrected chi connectivity index (χ3v) is 3.51. The number of thiazole rings is 1. The maximum atomic E-state index is 12.2. The van der Waals surface area contributed by atoms with Crippen molar-refractivity contribution in [1.29, 1.82) is 0 Å². The van der Waals surface area contributed by atoms with Gasteiger partial charge in [-0.2, -0.15) is 5.10 Å². The Morgan fingerprint density at radius 1 is 1.47 bits per heavy atom. The van der Waals surface area contributed by atoms with Crippen molar-refractivity contribution in [3.05, 3.63) is 26.9 Å². The van der Waals surface area contributed by atoms with E-state index in [9.17, 15) is 4.79 Å². The first-order valence-corrected chi connectivity index (χ1v) is 6.99. The first-order valence-electron chi connectivity index (χ1n) is 6.05. The Labute approximate surface area is 113 Å². The van der Waals surface area contributed by atoms with Crippen molar-refractivity contribution in [1.82, 2.24) is 24.7 Å². The summed E-state index contributed by atoms with van der Waals surface area (Å²) in [7, 11) is 1.76. The molecule has 0 atom stereocenters. The summed E-state index contributed by atoms with van der Waals surface area (Å²) in [5.74, 6) is 0.504. The molecule has 98 valence electrons. The average Bonchev–Trinajstić information content (AvgIpc) is 2.99. The van der Waals surface area contributed by atoms with Gasteiger partial charge in [-0.05, 0) is 6.42 Å². The van der Waals surface area contributed by atoms with Crippen molar-refractivity contribution < 1.29 is 0 Å². The monoisotopic (exact) mass is 275 g/mol. The summed E-state index contributed by atoms with van der Waals surface area (Å²) >= 11 is 1.47. The summed E-state index contributed by atoms with van der Waals surface area (Å²) in [6.45, 7) is 2.08. The second-order valence-corrected chi connectivity index (χ2v) is 5.02. The van der Waals surface area contributed by atoms with E-state index >= 15 is 0 Å². The number of nitrogens with one attached hydrogen (secondary N) is 1. The lowest BCUT2D eigenvalue weighted by Crippen LogP contribution is -2.12. The van der Waals surface area contributed by atoms with Gasteiger partial charge < -0.3 is 4.98 Å². The first kappa shape index (κ1) is 12.0. The fourth-order valence-electron chi connectivity index (χ4n) is 2.10. The zero-order valence-electron chi connectivity index (χ0n) is 10.7. The summed E-state index contributed by atoms with van der Waals surface area (Å²) in [5, 5.41) is 6.24. The van der Waals surface area contributed by atoms with Crippen LogP contribution in [0.4, 0.5) is 0 Å². The van der Waals surface area contributed by atoms with E-state index in [4.69, 9.17) is 0 Å². The van der Waals surface area contributed by atoms with Crippen LogP contribution in [0, 0.1) is 0 Å². The number of nitrogens with zero attached hydrogens (tertiary/aromatic N) is 4. The Morgan fingerprint density at radius 3 is 3.00 bits per heavy atom. The zero-order valence-corrected chi connectivity index (χ0v) is 11.5. The SMILES string of the molecule is CCCc1nn(C)c2c(=O)[nH]c(-c3cscn3)nc12. The molecule has 0 amide bonds. The standard InChI is InChI=1S/C12H13N5OS/c1-3-4-7-9-10(17(2)16-7)12(18)15-11(14-9)8-5-19-6-13-8/h5-6H,3-4H2,1-2H3,(H,14,15,18). The Bertz CT molecular complexity index is 771. The Morgan fingerprint density at radius 2 is 2.32 bits per heavy atom. The molecule has 7 heteroatoms. The van der Waals surface area contributed by atoms with Gasteiger partial charge in [-0.15, -0.1) is 11.3 Å². The van der Waals surface area contributed by atoms with Crippen LogP contribution in [0.5, 0.6) is 0 Å². The average molecular weight is 275 g/mol. The van der Waals surface area contributed by atoms with E-state index in [0.29, 0.717) is 22.6 Å². The topological polar surface area (TPSA) is 76.5 Å². The van der Waals surface area contributed by atoms with Gasteiger partial charge in [0.25, 0.3) is 5.56 Å². The lowest BCUT2D eigenvalue weighted by Gasteiger charge is -1.98. The highest BCUT2D eigenvalue weighted by Gasteiger charge is 2.15. The molecule has 0 radical (unpaired) electrons. The molecular formula is C12H13N5OS. The van der Waals surface area contributed by atoms with E-state index in [1.54, 1.807) is 17.2 Å². The van der Waals surface area contributed by atoms with Gasteiger partial charge in [0, 0.05) is 12.4 Å². The number of fused-ring (bicyclic) bond motifs is 1. The molecule has 0 unspecified atom stereocenters. The number of aromatic amines is 1. The minimum Gasteiger partial charge on any atom is -0.303 e. The molecule has 0 aliphatic heterocycles. The van der Waals surface area contributed by atoms with Crippen LogP contribution >= 0.6 is 11.3 Å². The first-order chi connectivity index (χ1) is 9.20. The quantitative estimate of drug-likeness (QED) is 0.789. The number of aromatic nitrogens is 5. The Balaban J connectivity index is 2.29. The summed E-state index contributed by atoms with van der Waals surface area (Å²) in [6.07, 6.45) is 1.77. The van der Waals surface area contributed by atoms with Crippen LogP contribution in [-0.4, -0.2) is 24.7 Å². The van der Waals surface area contributed by atoms with Crippen molar-refractivity contribution in [3.8, 4) is 11.5 Å². The van der Waals surface area contributed by atoms with Crippen molar-refractivity contribution in [2.24, 2.45) is 7.05 Å².